The van der Waals surface area contributed by atoms with Crippen LogP contribution in [0.25, 0.3) is 0 Å². The van der Waals surface area contributed by atoms with Gasteiger partial charge in [-0.2, -0.15) is 0 Å². The van der Waals surface area contributed by atoms with E-state index in [-0.39, 0.29) is 11.6 Å². The third-order valence-electron chi connectivity index (χ3n) is 2.59. The van der Waals surface area contributed by atoms with E-state index in [2.05, 4.69) is 5.32 Å². The number of carbonyl (C=O) groups excluding carboxylic acids is 1. The van der Waals surface area contributed by atoms with Crippen LogP contribution in [0.4, 0.5) is 15.8 Å². The van der Waals surface area contributed by atoms with Crippen molar-refractivity contribution in [3.8, 4) is 0 Å². The first kappa shape index (κ1) is 13.4. The van der Waals surface area contributed by atoms with Gasteiger partial charge in [0.15, 0.2) is 0 Å². The Morgan fingerprint density at radius 1 is 1.26 bits per heavy atom. The Balaban J connectivity index is 2.26. The van der Waals surface area contributed by atoms with Gasteiger partial charge in [-0.3, -0.25) is 4.79 Å². The number of nitrogen functional groups attached to an aromatic ring is 1. The minimum Gasteiger partial charge on any atom is -0.399 e. The number of amides is 1. The van der Waals surface area contributed by atoms with Gasteiger partial charge in [0.25, 0.3) is 5.91 Å². The Bertz CT molecular complexity index is 616. The van der Waals surface area contributed by atoms with Gasteiger partial charge in [-0.15, -0.1) is 11.8 Å². The first-order chi connectivity index (χ1) is 9.11. The molecule has 2 aromatic rings. The van der Waals surface area contributed by atoms with Crippen molar-refractivity contribution in [2.45, 2.75) is 4.90 Å². The quantitative estimate of drug-likeness (QED) is 0.667. The van der Waals surface area contributed by atoms with E-state index in [4.69, 9.17) is 5.73 Å². The number of halogens is 1. The molecule has 98 valence electrons. The standard InChI is InChI=1S/C14H13FN2OS/c1-19-13-5-3-2-4-10(13)14(18)17-12-7-6-9(16)8-11(12)15/h2-8H,16H2,1H3,(H,17,18). The molecular formula is C14H13FN2OS. The van der Waals surface area contributed by atoms with E-state index < -0.39 is 5.82 Å². The molecule has 0 atom stereocenters. The largest absolute Gasteiger partial charge is 0.399 e. The van der Waals surface area contributed by atoms with E-state index in [1.807, 2.05) is 18.4 Å². The monoisotopic (exact) mass is 276 g/mol. The van der Waals surface area contributed by atoms with Crippen LogP contribution in [0.1, 0.15) is 10.4 Å². The zero-order chi connectivity index (χ0) is 13.8. The highest BCUT2D eigenvalue weighted by Gasteiger charge is 2.12. The van der Waals surface area contributed by atoms with Crippen LogP contribution in [0.15, 0.2) is 47.4 Å². The van der Waals surface area contributed by atoms with Crippen molar-refractivity contribution in [2.75, 3.05) is 17.3 Å². The number of anilines is 2. The second kappa shape index (κ2) is 5.75. The van der Waals surface area contributed by atoms with Gasteiger partial charge in [-0.1, -0.05) is 12.1 Å². The second-order valence-corrected chi connectivity index (χ2v) is 4.74. The predicted octanol–water partition coefficient (Wildman–Crippen LogP) is 3.38. The number of rotatable bonds is 3. The lowest BCUT2D eigenvalue weighted by Crippen LogP contribution is -2.14. The van der Waals surface area contributed by atoms with E-state index >= 15 is 0 Å². The first-order valence-electron chi connectivity index (χ1n) is 5.61. The molecular weight excluding hydrogens is 263 g/mol. The molecule has 3 N–H and O–H groups in total. The summed E-state index contributed by atoms with van der Waals surface area (Å²) in [6, 6.07) is 11.3. The summed E-state index contributed by atoms with van der Waals surface area (Å²) < 4.78 is 13.6. The molecule has 0 aliphatic rings. The Kier molecular flexibility index (Phi) is 4.06. The Labute approximate surface area is 115 Å². The van der Waals surface area contributed by atoms with E-state index in [0.29, 0.717) is 11.3 Å². The lowest BCUT2D eigenvalue weighted by Gasteiger charge is -2.09. The van der Waals surface area contributed by atoms with Gasteiger partial charge in [0.05, 0.1) is 11.3 Å². The van der Waals surface area contributed by atoms with Gasteiger partial charge >= 0.3 is 0 Å². The van der Waals surface area contributed by atoms with E-state index in [1.54, 1.807) is 18.2 Å². The minimum atomic E-state index is -0.546. The fourth-order valence-corrected chi connectivity index (χ4v) is 2.25. The number of hydrogen-bond donors (Lipinski definition) is 2. The molecule has 0 saturated heterocycles. The summed E-state index contributed by atoms with van der Waals surface area (Å²) in [5.74, 6) is -0.886. The van der Waals surface area contributed by atoms with Crippen molar-refractivity contribution in [3.05, 3.63) is 53.8 Å². The molecule has 0 fully saturated rings. The SMILES string of the molecule is CSc1ccccc1C(=O)Nc1ccc(N)cc1F. The van der Waals surface area contributed by atoms with Crippen LogP contribution in [0.5, 0.6) is 0 Å². The maximum atomic E-state index is 13.6. The third-order valence-corrected chi connectivity index (χ3v) is 3.39. The highest BCUT2D eigenvalue weighted by molar-refractivity contribution is 7.98. The highest BCUT2D eigenvalue weighted by Crippen LogP contribution is 2.22. The maximum Gasteiger partial charge on any atom is 0.256 e. The van der Waals surface area contributed by atoms with Crippen LogP contribution >= 0.6 is 11.8 Å². The van der Waals surface area contributed by atoms with Gasteiger partial charge in [0.2, 0.25) is 0 Å². The summed E-state index contributed by atoms with van der Waals surface area (Å²) in [5, 5.41) is 2.55. The number of benzene rings is 2. The lowest BCUT2D eigenvalue weighted by molar-refractivity contribution is 0.102. The highest BCUT2D eigenvalue weighted by atomic mass is 32.2. The van der Waals surface area contributed by atoms with Crippen LogP contribution in [0.3, 0.4) is 0 Å². The number of nitrogens with two attached hydrogens (primary N) is 1. The van der Waals surface area contributed by atoms with Crippen molar-refractivity contribution in [1.82, 2.24) is 0 Å². The average Bonchev–Trinajstić information content (AvgIpc) is 2.41. The Morgan fingerprint density at radius 2 is 2.00 bits per heavy atom. The molecule has 0 unspecified atom stereocenters. The van der Waals surface area contributed by atoms with E-state index in [1.165, 1.54) is 23.9 Å². The first-order valence-corrected chi connectivity index (χ1v) is 6.83. The topological polar surface area (TPSA) is 55.1 Å². The molecule has 3 nitrogen and oxygen atoms in total. The Hall–Kier alpha value is -2.01. The molecule has 2 aromatic carbocycles. The molecule has 1 amide bonds. The summed E-state index contributed by atoms with van der Waals surface area (Å²) in [4.78, 5) is 13.0. The summed E-state index contributed by atoms with van der Waals surface area (Å²) >= 11 is 1.47. The van der Waals surface area contributed by atoms with Crippen LogP contribution in [0.2, 0.25) is 0 Å². The normalized spacial score (nSPS) is 10.2. The number of thioether (sulfide) groups is 1. The molecule has 0 aliphatic carbocycles. The molecule has 2 rings (SSSR count). The number of nitrogens with one attached hydrogen (secondary N) is 1. The average molecular weight is 276 g/mol. The smallest absolute Gasteiger partial charge is 0.256 e. The predicted molar refractivity (Wildman–Crippen MR) is 77.0 cm³/mol. The summed E-state index contributed by atoms with van der Waals surface area (Å²) in [7, 11) is 0. The van der Waals surface area contributed by atoms with Crippen molar-refractivity contribution < 1.29 is 9.18 Å². The fraction of sp³-hybridized carbons (Fsp3) is 0.0714. The molecule has 0 saturated carbocycles. The molecule has 0 aromatic heterocycles. The molecule has 19 heavy (non-hydrogen) atoms. The second-order valence-electron chi connectivity index (χ2n) is 3.89. The fourth-order valence-electron chi connectivity index (χ4n) is 1.65. The van der Waals surface area contributed by atoms with Gasteiger partial charge < -0.3 is 11.1 Å². The molecule has 5 heteroatoms. The van der Waals surface area contributed by atoms with Gasteiger partial charge in [-0.05, 0) is 36.6 Å². The molecule has 0 heterocycles. The van der Waals surface area contributed by atoms with E-state index in [9.17, 15) is 9.18 Å². The van der Waals surface area contributed by atoms with Crippen LogP contribution in [-0.4, -0.2) is 12.2 Å². The van der Waals surface area contributed by atoms with Crippen molar-refractivity contribution in [2.24, 2.45) is 0 Å². The van der Waals surface area contributed by atoms with Crippen LogP contribution in [0, 0.1) is 5.82 Å². The third kappa shape index (κ3) is 3.06. The lowest BCUT2D eigenvalue weighted by atomic mass is 10.2. The van der Waals surface area contributed by atoms with Crippen molar-refractivity contribution in [3.63, 3.8) is 0 Å². The van der Waals surface area contributed by atoms with Gasteiger partial charge in [0, 0.05) is 10.6 Å². The summed E-state index contributed by atoms with van der Waals surface area (Å²) in [6.45, 7) is 0. The van der Waals surface area contributed by atoms with Gasteiger partial charge in [-0.25, -0.2) is 4.39 Å². The zero-order valence-corrected chi connectivity index (χ0v) is 11.1. The van der Waals surface area contributed by atoms with Crippen molar-refractivity contribution >= 4 is 29.0 Å². The van der Waals surface area contributed by atoms with Gasteiger partial charge in [0.1, 0.15) is 5.82 Å². The number of hydrogen-bond acceptors (Lipinski definition) is 3. The number of carbonyl (C=O) groups is 1. The molecule has 0 bridgehead atoms. The minimum absolute atomic E-state index is 0.120. The zero-order valence-electron chi connectivity index (χ0n) is 10.3. The Morgan fingerprint density at radius 3 is 2.68 bits per heavy atom. The van der Waals surface area contributed by atoms with Crippen LogP contribution < -0.4 is 11.1 Å². The van der Waals surface area contributed by atoms with Crippen LogP contribution in [-0.2, 0) is 0 Å². The molecule has 0 radical (unpaired) electrons. The molecule has 0 spiro atoms. The summed E-state index contributed by atoms with van der Waals surface area (Å²) in [6.07, 6.45) is 1.88. The van der Waals surface area contributed by atoms with Crippen molar-refractivity contribution in [1.29, 1.82) is 0 Å². The molecule has 0 aliphatic heterocycles. The summed E-state index contributed by atoms with van der Waals surface area (Å²) in [5.41, 5.74) is 6.42. The maximum absolute atomic E-state index is 13.6. The van der Waals surface area contributed by atoms with E-state index in [0.717, 1.165) is 4.90 Å².